The first-order valence-corrected chi connectivity index (χ1v) is 6.13. The zero-order chi connectivity index (χ0) is 7.26. The number of hydrogen-bond acceptors (Lipinski definition) is 2. The van der Waals surface area contributed by atoms with Crippen molar-refractivity contribution in [2.24, 2.45) is 0 Å². The van der Waals surface area contributed by atoms with Crippen LogP contribution in [-0.4, -0.2) is 9.52 Å². The number of hydrogen-bond donors (Lipinski definition) is 0. The smallest absolute Gasteiger partial charge is 0.125 e. The van der Waals surface area contributed by atoms with Crippen molar-refractivity contribution in [3.05, 3.63) is 22.9 Å². The third-order valence-electron chi connectivity index (χ3n) is 1.81. The van der Waals surface area contributed by atoms with Gasteiger partial charge in [-0.2, -0.15) is 0 Å². The van der Waals surface area contributed by atoms with Crippen molar-refractivity contribution in [1.29, 1.82) is 0 Å². The van der Waals surface area contributed by atoms with Gasteiger partial charge >= 0.3 is 0 Å². The normalized spacial score (nSPS) is 11.1. The topological polar surface area (TPSA) is 0 Å². The molecule has 58 valence electrons. The van der Waals surface area contributed by atoms with E-state index in [2.05, 4.69) is 22.9 Å². The van der Waals surface area contributed by atoms with Gasteiger partial charge in [-0.25, -0.2) is 0 Å². The van der Waals surface area contributed by atoms with Gasteiger partial charge in [-0.05, 0) is 21.1 Å². The van der Waals surface area contributed by atoms with Crippen molar-refractivity contribution in [3.63, 3.8) is 0 Å². The van der Waals surface area contributed by atoms with Crippen LogP contribution in [0.1, 0.15) is 0 Å². The van der Waals surface area contributed by atoms with E-state index < -0.39 is 0 Å². The Balaban J connectivity index is 0.000000422. The molecule has 2 aromatic rings. The van der Waals surface area contributed by atoms with Gasteiger partial charge in [-0.15, -0.1) is 22.7 Å². The van der Waals surface area contributed by atoms with Crippen LogP contribution in [0.3, 0.4) is 0 Å². The summed E-state index contributed by atoms with van der Waals surface area (Å²) in [6.07, 6.45) is 0. The van der Waals surface area contributed by atoms with Crippen molar-refractivity contribution in [2.75, 3.05) is 0 Å². The summed E-state index contributed by atoms with van der Waals surface area (Å²) in [5.41, 5.74) is 0. The SMILES string of the molecule is [Y].[Y].c1cc2c(s1)-c1sccc1[Si]2. The van der Waals surface area contributed by atoms with Crippen molar-refractivity contribution < 1.29 is 65.4 Å². The van der Waals surface area contributed by atoms with E-state index in [1.807, 2.05) is 22.7 Å². The molecule has 0 saturated heterocycles. The Morgan fingerprint density at radius 3 is 1.77 bits per heavy atom. The fourth-order valence-corrected chi connectivity index (χ4v) is 5.29. The van der Waals surface area contributed by atoms with Gasteiger partial charge in [0.15, 0.2) is 0 Å². The molecule has 0 nitrogen and oxygen atoms in total. The summed E-state index contributed by atoms with van der Waals surface area (Å²) in [6.45, 7) is 0. The van der Waals surface area contributed by atoms with Crippen LogP contribution >= 0.6 is 22.7 Å². The second-order valence-corrected chi connectivity index (χ2v) is 5.61. The Kier molecular flexibility index (Phi) is 5.20. The Labute approximate surface area is 138 Å². The number of fused-ring (bicyclic) bond motifs is 3. The molecule has 1 aliphatic rings. The van der Waals surface area contributed by atoms with E-state index in [0.29, 0.717) is 0 Å². The van der Waals surface area contributed by atoms with Crippen molar-refractivity contribution >= 4 is 42.6 Å². The molecule has 0 aromatic carbocycles. The third kappa shape index (κ3) is 2.17. The minimum Gasteiger partial charge on any atom is -0.143 e. The predicted molar refractivity (Wildman–Crippen MR) is 52.7 cm³/mol. The molecular formula is C8H4S2SiY2. The molecular weight excluding hydrogens is 366 g/mol. The summed E-state index contributed by atoms with van der Waals surface area (Å²) in [5.74, 6) is 0. The first-order valence-electron chi connectivity index (χ1n) is 3.37. The van der Waals surface area contributed by atoms with Gasteiger partial charge < -0.3 is 0 Å². The van der Waals surface area contributed by atoms with E-state index in [9.17, 15) is 0 Å². The summed E-state index contributed by atoms with van der Waals surface area (Å²) >= 11 is 3.75. The number of rotatable bonds is 0. The van der Waals surface area contributed by atoms with Crippen LogP contribution < -0.4 is 10.4 Å². The molecule has 0 atom stereocenters. The first kappa shape index (κ1) is 12.9. The molecule has 0 spiro atoms. The second-order valence-electron chi connectivity index (χ2n) is 2.45. The average molecular weight is 370 g/mol. The Morgan fingerprint density at radius 2 is 1.31 bits per heavy atom. The van der Waals surface area contributed by atoms with E-state index in [1.165, 1.54) is 9.75 Å². The maximum atomic E-state index is 2.26. The van der Waals surface area contributed by atoms with E-state index in [0.717, 1.165) is 9.52 Å². The van der Waals surface area contributed by atoms with Crippen LogP contribution in [0, 0.1) is 0 Å². The van der Waals surface area contributed by atoms with Crippen molar-refractivity contribution in [3.8, 4) is 9.75 Å². The van der Waals surface area contributed by atoms with E-state index >= 15 is 0 Å². The standard InChI is InChI=1S/C8H4S2Si.2Y/c1-3-9-7-5(1)11-6-2-4-10-8(6)7;;/h1-4H;;. The van der Waals surface area contributed by atoms with Crippen LogP contribution in [-0.2, 0) is 65.4 Å². The molecule has 5 heteroatoms. The maximum absolute atomic E-state index is 2.26. The van der Waals surface area contributed by atoms with Gasteiger partial charge in [0.05, 0.1) is 0 Å². The molecule has 0 unspecified atom stereocenters. The summed E-state index contributed by atoms with van der Waals surface area (Å²) in [7, 11) is 0.921. The van der Waals surface area contributed by atoms with Gasteiger partial charge in [0, 0.05) is 75.2 Å². The summed E-state index contributed by atoms with van der Waals surface area (Å²) < 4.78 is 0. The Bertz CT molecular complexity index is 369. The second kappa shape index (κ2) is 5.24. The van der Waals surface area contributed by atoms with Gasteiger partial charge in [0.25, 0.3) is 0 Å². The summed E-state index contributed by atoms with van der Waals surface area (Å²) in [6, 6.07) is 4.51. The summed E-state index contributed by atoms with van der Waals surface area (Å²) in [5, 5.41) is 7.49. The van der Waals surface area contributed by atoms with Crippen LogP contribution in [0.4, 0.5) is 0 Å². The zero-order valence-electron chi connectivity index (χ0n) is 6.78. The quantitative estimate of drug-likeness (QED) is 0.526. The molecule has 1 aliphatic heterocycles. The van der Waals surface area contributed by atoms with Gasteiger partial charge in [-0.1, -0.05) is 12.1 Å². The largest absolute Gasteiger partial charge is 0.143 e. The number of thiophene rings is 2. The average Bonchev–Trinajstić information content (AvgIpc) is 2.52. The minimum atomic E-state index is 0. The van der Waals surface area contributed by atoms with Crippen LogP contribution in [0.15, 0.2) is 22.9 Å². The molecule has 3 heterocycles. The molecule has 0 fully saturated rings. The molecule has 2 aromatic heterocycles. The van der Waals surface area contributed by atoms with Crippen LogP contribution in [0.25, 0.3) is 9.75 Å². The third-order valence-corrected chi connectivity index (χ3v) is 5.53. The summed E-state index contributed by atoms with van der Waals surface area (Å²) in [4.78, 5) is 3.04. The molecule has 0 N–H and O–H groups in total. The monoisotopic (exact) mass is 370 g/mol. The van der Waals surface area contributed by atoms with Crippen LogP contribution in [0.2, 0.25) is 0 Å². The molecule has 0 amide bonds. The van der Waals surface area contributed by atoms with E-state index in [4.69, 9.17) is 0 Å². The van der Waals surface area contributed by atoms with Crippen molar-refractivity contribution in [1.82, 2.24) is 0 Å². The predicted octanol–water partition coefficient (Wildman–Crippen LogP) is 1.44. The van der Waals surface area contributed by atoms with Gasteiger partial charge in [0.1, 0.15) is 9.52 Å². The van der Waals surface area contributed by atoms with Gasteiger partial charge in [-0.3, -0.25) is 0 Å². The molecule has 0 bridgehead atoms. The Hall–Kier alpha value is 1.82. The van der Waals surface area contributed by atoms with Crippen molar-refractivity contribution in [2.45, 2.75) is 0 Å². The van der Waals surface area contributed by atoms with Crippen LogP contribution in [0.5, 0.6) is 0 Å². The fourth-order valence-electron chi connectivity index (χ4n) is 1.31. The zero-order valence-corrected chi connectivity index (χ0v) is 15.1. The molecule has 0 saturated carbocycles. The minimum absolute atomic E-state index is 0. The van der Waals surface area contributed by atoms with Gasteiger partial charge in [0.2, 0.25) is 0 Å². The van der Waals surface area contributed by atoms with E-state index in [-0.39, 0.29) is 65.4 Å². The van der Waals surface area contributed by atoms with E-state index in [1.54, 1.807) is 10.4 Å². The molecule has 4 radical (unpaired) electrons. The molecule has 0 aliphatic carbocycles. The molecule has 3 rings (SSSR count). The molecule has 13 heavy (non-hydrogen) atoms. The maximum Gasteiger partial charge on any atom is 0.125 e. The fraction of sp³-hybridized carbons (Fsp3) is 0. The Morgan fingerprint density at radius 1 is 0.846 bits per heavy atom. The first-order chi connectivity index (χ1) is 5.45.